The number of nitriles is 1. The summed E-state index contributed by atoms with van der Waals surface area (Å²) in [6, 6.07) is 16.9. The molecule has 0 spiro atoms. The van der Waals surface area contributed by atoms with Crippen molar-refractivity contribution in [3.05, 3.63) is 64.7 Å². The Morgan fingerprint density at radius 3 is 2.56 bits per heavy atom. The van der Waals surface area contributed by atoms with E-state index >= 15 is 0 Å². The smallest absolute Gasteiger partial charge is 0.322 e. The normalized spacial score (nSPS) is 15.3. The minimum Gasteiger partial charge on any atom is -0.378 e. The number of anilines is 1. The van der Waals surface area contributed by atoms with Crippen molar-refractivity contribution in [2.45, 2.75) is 5.92 Å². The first kappa shape index (κ1) is 17.3. The molecule has 1 atom stereocenters. The summed E-state index contributed by atoms with van der Waals surface area (Å²) in [5.74, 6) is -0.447. The summed E-state index contributed by atoms with van der Waals surface area (Å²) in [4.78, 5) is 13.9. The van der Waals surface area contributed by atoms with E-state index < -0.39 is 5.92 Å². The number of urea groups is 1. The van der Waals surface area contributed by atoms with Gasteiger partial charge < -0.3 is 15.0 Å². The molecule has 1 fully saturated rings. The summed E-state index contributed by atoms with van der Waals surface area (Å²) >= 11 is 6.39. The van der Waals surface area contributed by atoms with Crippen molar-refractivity contribution in [2.75, 3.05) is 31.6 Å². The third-order valence-electron chi connectivity index (χ3n) is 4.12. The van der Waals surface area contributed by atoms with Crippen LogP contribution in [-0.4, -0.2) is 37.2 Å². The topological polar surface area (TPSA) is 65.4 Å². The van der Waals surface area contributed by atoms with Crippen molar-refractivity contribution in [3.8, 4) is 6.07 Å². The van der Waals surface area contributed by atoms with Gasteiger partial charge in [-0.05, 0) is 23.3 Å². The first-order valence-electron chi connectivity index (χ1n) is 8.06. The zero-order valence-corrected chi connectivity index (χ0v) is 14.4. The van der Waals surface area contributed by atoms with Crippen LogP contribution in [0.1, 0.15) is 17.0 Å². The van der Waals surface area contributed by atoms with Gasteiger partial charge in [0.1, 0.15) is 0 Å². The number of amides is 2. The molecule has 0 saturated carbocycles. The summed E-state index contributed by atoms with van der Waals surface area (Å²) in [6.45, 7) is 2.24. The highest BCUT2D eigenvalue weighted by atomic mass is 35.5. The van der Waals surface area contributed by atoms with Gasteiger partial charge >= 0.3 is 6.03 Å². The fourth-order valence-electron chi connectivity index (χ4n) is 2.78. The van der Waals surface area contributed by atoms with Gasteiger partial charge in [-0.15, -0.1) is 0 Å². The zero-order chi connectivity index (χ0) is 17.6. The molecule has 1 saturated heterocycles. The number of benzene rings is 2. The average Bonchev–Trinajstić information content (AvgIpc) is 2.65. The van der Waals surface area contributed by atoms with Crippen LogP contribution < -0.4 is 5.32 Å². The van der Waals surface area contributed by atoms with Crippen LogP contribution in [0.4, 0.5) is 10.5 Å². The molecule has 3 rings (SSSR count). The van der Waals surface area contributed by atoms with Crippen molar-refractivity contribution >= 4 is 23.3 Å². The molecule has 0 aromatic heterocycles. The van der Waals surface area contributed by atoms with E-state index in [1.807, 2.05) is 30.3 Å². The molecule has 6 heteroatoms. The lowest BCUT2D eigenvalue weighted by Gasteiger charge is -2.27. The third-order valence-corrected chi connectivity index (χ3v) is 4.45. The molecule has 2 aromatic carbocycles. The van der Waals surface area contributed by atoms with E-state index in [2.05, 4.69) is 11.4 Å². The highest BCUT2D eigenvalue weighted by Crippen LogP contribution is 2.31. The van der Waals surface area contributed by atoms with Gasteiger partial charge in [0.05, 0.1) is 25.2 Å². The van der Waals surface area contributed by atoms with Gasteiger partial charge in [0.25, 0.3) is 0 Å². The molecular weight excluding hydrogens is 338 g/mol. The molecule has 1 N–H and O–H groups in total. The zero-order valence-electron chi connectivity index (χ0n) is 13.6. The van der Waals surface area contributed by atoms with Crippen molar-refractivity contribution < 1.29 is 9.53 Å². The lowest BCUT2D eigenvalue weighted by molar-refractivity contribution is 0.0564. The van der Waals surface area contributed by atoms with Crippen LogP contribution in [-0.2, 0) is 4.74 Å². The molecule has 1 aliphatic heterocycles. The number of nitrogens with zero attached hydrogens (tertiary/aromatic N) is 2. The van der Waals surface area contributed by atoms with Gasteiger partial charge in [0, 0.05) is 23.8 Å². The molecule has 2 aromatic rings. The lowest BCUT2D eigenvalue weighted by atomic mass is 9.92. The Balaban J connectivity index is 1.76. The molecule has 0 aliphatic carbocycles. The lowest BCUT2D eigenvalue weighted by Crippen LogP contribution is -2.43. The predicted octanol–water partition coefficient (Wildman–Crippen LogP) is 3.86. The van der Waals surface area contributed by atoms with Gasteiger partial charge in [-0.3, -0.25) is 0 Å². The minimum atomic E-state index is -0.447. The quantitative estimate of drug-likeness (QED) is 0.909. The molecule has 128 valence electrons. The summed E-state index contributed by atoms with van der Waals surface area (Å²) in [6.07, 6.45) is 0. The fraction of sp³-hybridized carbons (Fsp3) is 0.263. The van der Waals surface area contributed by atoms with E-state index in [4.69, 9.17) is 16.3 Å². The van der Waals surface area contributed by atoms with Crippen LogP contribution in [0.25, 0.3) is 0 Å². The summed E-state index contributed by atoms with van der Waals surface area (Å²) in [7, 11) is 0. The molecule has 0 radical (unpaired) electrons. The Morgan fingerprint density at radius 2 is 1.92 bits per heavy atom. The number of nitrogens with one attached hydrogen (secondary N) is 1. The first-order valence-corrected chi connectivity index (χ1v) is 8.44. The van der Waals surface area contributed by atoms with Gasteiger partial charge in [0.15, 0.2) is 0 Å². The van der Waals surface area contributed by atoms with Gasteiger partial charge in [-0.2, -0.15) is 5.26 Å². The summed E-state index contributed by atoms with van der Waals surface area (Å²) in [5.41, 5.74) is 2.21. The minimum absolute atomic E-state index is 0.174. The molecule has 0 bridgehead atoms. The van der Waals surface area contributed by atoms with Gasteiger partial charge in [0.2, 0.25) is 0 Å². The maximum atomic E-state index is 12.2. The van der Waals surface area contributed by atoms with Crippen LogP contribution in [0.3, 0.4) is 0 Å². The first-order chi connectivity index (χ1) is 12.2. The number of carbonyl (C=O) groups excluding carboxylic acids is 1. The van der Waals surface area contributed by atoms with Crippen LogP contribution >= 0.6 is 11.6 Å². The number of carbonyl (C=O) groups is 1. The molecule has 2 amide bonds. The average molecular weight is 356 g/mol. The second-order valence-corrected chi connectivity index (χ2v) is 6.15. The number of halogens is 1. The van der Waals surface area contributed by atoms with Crippen molar-refractivity contribution in [1.29, 1.82) is 5.26 Å². The van der Waals surface area contributed by atoms with E-state index in [0.29, 0.717) is 37.0 Å². The van der Waals surface area contributed by atoms with E-state index in [1.165, 1.54) is 0 Å². The van der Waals surface area contributed by atoms with E-state index in [-0.39, 0.29) is 6.03 Å². The molecule has 25 heavy (non-hydrogen) atoms. The standard InChI is InChI=1S/C19H18ClN3O2/c20-18-12-15(22-19(24)23-8-10-25-11-9-23)6-7-16(18)17(13-21)14-4-2-1-3-5-14/h1-7,12,17H,8-11H2,(H,22,24). The van der Waals surface area contributed by atoms with Gasteiger partial charge in [-0.1, -0.05) is 48.0 Å². The number of ether oxygens (including phenoxy) is 1. The Kier molecular flexibility index (Phi) is 5.54. The van der Waals surface area contributed by atoms with Crippen LogP contribution in [0.2, 0.25) is 5.02 Å². The van der Waals surface area contributed by atoms with E-state index in [0.717, 1.165) is 11.1 Å². The largest absolute Gasteiger partial charge is 0.378 e. The highest BCUT2D eigenvalue weighted by molar-refractivity contribution is 6.31. The second kappa shape index (κ2) is 8.02. The summed E-state index contributed by atoms with van der Waals surface area (Å²) < 4.78 is 5.24. The third kappa shape index (κ3) is 4.11. The molecule has 5 nitrogen and oxygen atoms in total. The Bertz CT molecular complexity index is 783. The number of hydrogen-bond acceptors (Lipinski definition) is 3. The molecule has 1 unspecified atom stereocenters. The van der Waals surface area contributed by atoms with E-state index in [1.54, 1.807) is 23.1 Å². The molecule has 1 heterocycles. The van der Waals surface area contributed by atoms with E-state index in [9.17, 15) is 10.1 Å². The maximum absolute atomic E-state index is 12.2. The maximum Gasteiger partial charge on any atom is 0.322 e. The SMILES string of the molecule is N#CC(c1ccccc1)c1ccc(NC(=O)N2CCOCC2)cc1Cl. The van der Waals surface area contributed by atoms with Crippen LogP contribution in [0.5, 0.6) is 0 Å². The van der Waals surface area contributed by atoms with Crippen molar-refractivity contribution in [2.24, 2.45) is 0 Å². The Labute approximate surface area is 151 Å². The van der Waals surface area contributed by atoms with Gasteiger partial charge in [-0.25, -0.2) is 4.79 Å². The van der Waals surface area contributed by atoms with Crippen molar-refractivity contribution in [1.82, 2.24) is 4.90 Å². The van der Waals surface area contributed by atoms with Crippen LogP contribution in [0.15, 0.2) is 48.5 Å². The second-order valence-electron chi connectivity index (χ2n) is 5.74. The number of morpholine rings is 1. The predicted molar refractivity (Wildman–Crippen MR) is 96.8 cm³/mol. The molecular formula is C19H18ClN3O2. The fourth-order valence-corrected chi connectivity index (χ4v) is 3.07. The Hall–Kier alpha value is -2.55. The van der Waals surface area contributed by atoms with Crippen molar-refractivity contribution in [3.63, 3.8) is 0 Å². The monoisotopic (exact) mass is 355 g/mol. The molecule has 1 aliphatic rings. The Morgan fingerprint density at radius 1 is 1.20 bits per heavy atom. The highest BCUT2D eigenvalue weighted by Gasteiger charge is 2.19. The van der Waals surface area contributed by atoms with Crippen LogP contribution in [0, 0.1) is 11.3 Å². The number of rotatable bonds is 3. The number of hydrogen-bond donors (Lipinski definition) is 1. The summed E-state index contributed by atoms with van der Waals surface area (Å²) in [5, 5.41) is 12.8.